The smallest absolute Gasteiger partial charge is 0.255 e. The van der Waals surface area contributed by atoms with Crippen molar-refractivity contribution in [2.24, 2.45) is 0 Å². The minimum absolute atomic E-state index is 0.145. The summed E-state index contributed by atoms with van der Waals surface area (Å²) in [6.45, 7) is 6.21. The lowest BCUT2D eigenvalue weighted by Crippen LogP contribution is -2.17. The van der Waals surface area contributed by atoms with Gasteiger partial charge in [0, 0.05) is 35.1 Å². The SMILES string of the molecule is CC(C)(C)c1cc(=O)[nH]c2cc(NC(=O)c3ccncc3)ccc12. The predicted octanol–water partition coefficient (Wildman–Crippen LogP) is 3.47. The molecule has 0 saturated heterocycles. The maximum atomic E-state index is 12.2. The number of anilines is 1. The number of carbonyl (C=O) groups excluding carboxylic acids is 1. The van der Waals surface area contributed by atoms with Crippen molar-refractivity contribution in [3.63, 3.8) is 0 Å². The molecule has 2 aromatic heterocycles. The molecule has 24 heavy (non-hydrogen) atoms. The molecular formula is C19H19N3O2. The monoisotopic (exact) mass is 321 g/mol. The van der Waals surface area contributed by atoms with Gasteiger partial charge in [0.05, 0.1) is 5.52 Å². The lowest BCUT2D eigenvalue weighted by molar-refractivity contribution is 0.102. The predicted molar refractivity (Wildman–Crippen MR) is 95.5 cm³/mol. The topological polar surface area (TPSA) is 74.8 Å². The molecule has 5 heteroatoms. The van der Waals surface area contributed by atoms with Crippen LogP contribution in [0.5, 0.6) is 0 Å². The van der Waals surface area contributed by atoms with Crippen LogP contribution in [0, 0.1) is 0 Å². The zero-order valence-corrected chi connectivity index (χ0v) is 13.9. The number of nitrogens with one attached hydrogen (secondary N) is 2. The number of hydrogen-bond donors (Lipinski definition) is 2. The van der Waals surface area contributed by atoms with Crippen LogP contribution in [0.15, 0.2) is 53.6 Å². The van der Waals surface area contributed by atoms with Crippen LogP contribution < -0.4 is 10.9 Å². The molecule has 3 aromatic rings. The molecule has 0 unspecified atom stereocenters. The summed E-state index contributed by atoms with van der Waals surface area (Å²) < 4.78 is 0. The number of nitrogens with zero attached hydrogens (tertiary/aromatic N) is 1. The Bertz CT molecular complexity index is 954. The average Bonchev–Trinajstić information content (AvgIpc) is 2.53. The van der Waals surface area contributed by atoms with Gasteiger partial charge in [-0.1, -0.05) is 26.8 Å². The van der Waals surface area contributed by atoms with Gasteiger partial charge in [0.2, 0.25) is 5.56 Å². The van der Waals surface area contributed by atoms with Crippen molar-refractivity contribution in [3.05, 3.63) is 70.3 Å². The Hall–Kier alpha value is -2.95. The molecule has 0 radical (unpaired) electrons. The van der Waals surface area contributed by atoms with Gasteiger partial charge in [0.1, 0.15) is 0 Å². The molecule has 0 fully saturated rings. The third-order valence-corrected chi connectivity index (χ3v) is 3.85. The zero-order valence-electron chi connectivity index (χ0n) is 13.9. The molecule has 2 heterocycles. The van der Waals surface area contributed by atoms with Gasteiger partial charge in [0.15, 0.2) is 0 Å². The van der Waals surface area contributed by atoms with E-state index in [1.807, 2.05) is 12.1 Å². The van der Waals surface area contributed by atoms with Gasteiger partial charge >= 0.3 is 0 Å². The summed E-state index contributed by atoms with van der Waals surface area (Å²) >= 11 is 0. The second-order valence-corrected chi connectivity index (χ2v) is 6.75. The third kappa shape index (κ3) is 3.20. The number of H-pyrrole nitrogens is 1. The van der Waals surface area contributed by atoms with Crippen LogP contribution in [0.4, 0.5) is 5.69 Å². The standard InChI is InChI=1S/C19H19N3O2/c1-19(2,3)15-11-17(23)22-16-10-13(4-5-14(15)16)21-18(24)12-6-8-20-9-7-12/h4-11H,1-3H3,(H,21,24)(H,22,23). The summed E-state index contributed by atoms with van der Waals surface area (Å²) in [6.07, 6.45) is 3.14. The molecule has 0 aliphatic heterocycles. The first-order chi connectivity index (χ1) is 11.3. The van der Waals surface area contributed by atoms with Crippen LogP contribution in [0.3, 0.4) is 0 Å². The number of hydrogen-bond acceptors (Lipinski definition) is 3. The molecular weight excluding hydrogens is 302 g/mol. The average molecular weight is 321 g/mol. The van der Waals surface area contributed by atoms with Gasteiger partial charge in [-0.05, 0) is 35.2 Å². The van der Waals surface area contributed by atoms with E-state index in [1.54, 1.807) is 36.7 Å². The highest BCUT2D eigenvalue weighted by molar-refractivity contribution is 6.05. The molecule has 122 valence electrons. The highest BCUT2D eigenvalue weighted by Crippen LogP contribution is 2.29. The van der Waals surface area contributed by atoms with Crippen molar-refractivity contribution in [3.8, 4) is 0 Å². The number of carbonyl (C=O) groups is 1. The van der Waals surface area contributed by atoms with E-state index in [4.69, 9.17) is 0 Å². The molecule has 0 bridgehead atoms. The van der Waals surface area contributed by atoms with Crippen LogP contribution in [-0.4, -0.2) is 15.9 Å². The van der Waals surface area contributed by atoms with Crippen LogP contribution in [-0.2, 0) is 5.41 Å². The van der Waals surface area contributed by atoms with Gasteiger partial charge in [-0.15, -0.1) is 0 Å². The lowest BCUT2D eigenvalue weighted by Gasteiger charge is -2.21. The van der Waals surface area contributed by atoms with Crippen molar-refractivity contribution in [2.75, 3.05) is 5.32 Å². The van der Waals surface area contributed by atoms with Crippen molar-refractivity contribution < 1.29 is 4.79 Å². The third-order valence-electron chi connectivity index (χ3n) is 3.85. The Balaban J connectivity index is 2.00. The van der Waals surface area contributed by atoms with E-state index >= 15 is 0 Å². The highest BCUT2D eigenvalue weighted by Gasteiger charge is 2.18. The summed E-state index contributed by atoms with van der Waals surface area (Å²) in [4.78, 5) is 30.9. The Kier molecular flexibility index (Phi) is 3.93. The van der Waals surface area contributed by atoms with Gasteiger partial charge < -0.3 is 10.3 Å². The first-order valence-corrected chi connectivity index (χ1v) is 7.73. The molecule has 0 aliphatic rings. The summed E-state index contributed by atoms with van der Waals surface area (Å²) in [5.74, 6) is -0.217. The molecule has 0 atom stereocenters. The van der Waals surface area contributed by atoms with Gasteiger partial charge in [-0.2, -0.15) is 0 Å². The number of amides is 1. The van der Waals surface area contributed by atoms with E-state index in [-0.39, 0.29) is 16.9 Å². The Labute approximate surface area is 139 Å². The second-order valence-electron chi connectivity index (χ2n) is 6.75. The normalized spacial score (nSPS) is 11.5. The first-order valence-electron chi connectivity index (χ1n) is 7.73. The van der Waals surface area contributed by atoms with Crippen molar-refractivity contribution in [2.45, 2.75) is 26.2 Å². The van der Waals surface area contributed by atoms with E-state index in [0.717, 1.165) is 10.9 Å². The molecule has 3 rings (SSSR count). The Morgan fingerprint density at radius 1 is 1.08 bits per heavy atom. The van der Waals surface area contributed by atoms with Gasteiger partial charge in [0.25, 0.3) is 5.91 Å². The van der Waals surface area contributed by atoms with Crippen LogP contribution in [0.2, 0.25) is 0 Å². The van der Waals surface area contributed by atoms with Crippen LogP contribution >= 0.6 is 0 Å². The molecule has 0 spiro atoms. The minimum atomic E-state index is -0.217. The molecule has 0 saturated carbocycles. The molecule has 2 N–H and O–H groups in total. The Morgan fingerprint density at radius 3 is 2.46 bits per heavy atom. The fraction of sp³-hybridized carbons (Fsp3) is 0.211. The quantitative estimate of drug-likeness (QED) is 0.759. The van der Waals surface area contributed by atoms with Crippen molar-refractivity contribution in [1.82, 2.24) is 9.97 Å². The summed E-state index contributed by atoms with van der Waals surface area (Å²) in [7, 11) is 0. The number of fused-ring (bicyclic) bond motifs is 1. The van der Waals surface area contributed by atoms with Crippen LogP contribution in [0.1, 0.15) is 36.7 Å². The van der Waals surface area contributed by atoms with Crippen molar-refractivity contribution in [1.29, 1.82) is 0 Å². The zero-order chi connectivity index (χ0) is 17.3. The second kappa shape index (κ2) is 5.92. The van der Waals surface area contributed by atoms with E-state index in [2.05, 4.69) is 36.1 Å². The minimum Gasteiger partial charge on any atom is -0.322 e. The lowest BCUT2D eigenvalue weighted by atomic mass is 9.85. The van der Waals surface area contributed by atoms with Crippen molar-refractivity contribution >= 4 is 22.5 Å². The van der Waals surface area contributed by atoms with Gasteiger partial charge in [-0.3, -0.25) is 14.6 Å². The number of rotatable bonds is 2. The van der Waals surface area contributed by atoms with E-state index < -0.39 is 0 Å². The van der Waals surface area contributed by atoms with E-state index in [1.165, 1.54) is 0 Å². The fourth-order valence-electron chi connectivity index (χ4n) is 2.67. The maximum Gasteiger partial charge on any atom is 0.255 e. The number of pyridine rings is 2. The first kappa shape index (κ1) is 15.9. The largest absolute Gasteiger partial charge is 0.322 e. The molecule has 1 amide bonds. The highest BCUT2D eigenvalue weighted by atomic mass is 16.1. The number of aromatic nitrogens is 2. The van der Waals surface area contributed by atoms with Crippen LogP contribution in [0.25, 0.3) is 10.9 Å². The Morgan fingerprint density at radius 2 is 1.79 bits per heavy atom. The summed E-state index contributed by atoms with van der Waals surface area (Å²) in [5, 5.41) is 3.82. The number of aromatic amines is 1. The maximum absolute atomic E-state index is 12.2. The molecule has 0 aliphatic carbocycles. The van der Waals surface area contributed by atoms with E-state index in [9.17, 15) is 9.59 Å². The molecule has 5 nitrogen and oxygen atoms in total. The molecule has 1 aromatic carbocycles. The summed E-state index contributed by atoms with van der Waals surface area (Å²) in [6, 6.07) is 10.5. The fourth-order valence-corrected chi connectivity index (χ4v) is 2.67. The summed E-state index contributed by atoms with van der Waals surface area (Å²) in [5.41, 5.74) is 2.56. The van der Waals surface area contributed by atoms with E-state index in [0.29, 0.717) is 16.8 Å². The van der Waals surface area contributed by atoms with Gasteiger partial charge in [-0.25, -0.2) is 0 Å². The number of benzene rings is 1.